The number of morpholine rings is 1. The number of aromatic nitrogens is 2. The second-order valence-corrected chi connectivity index (χ2v) is 7.43. The summed E-state index contributed by atoms with van der Waals surface area (Å²) in [7, 11) is -0.802. The first-order chi connectivity index (χ1) is 10.5. The van der Waals surface area contributed by atoms with Crippen molar-refractivity contribution in [1.29, 1.82) is 0 Å². The van der Waals surface area contributed by atoms with E-state index in [4.69, 9.17) is 4.74 Å². The maximum atomic E-state index is 11.1. The molecule has 124 valence electrons. The standard InChI is InChI=1S/C15H26N4O2S/c1-11(2)19-6-7-21-14(10-19)13-9-15(18-12(3)17-13)16-5-8-22(4)20/h9,11,14H,5-8,10H2,1-4H3,(H,16,17,18). The predicted octanol–water partition coefficient (Wildman–Crippen LogP) is 1.36. The quantitative estimate of drug-likeness (QED) is 0.851. The SMILES string of the molecule is Cc1nc(NCCS(C)=O)cc(C2CN(C(C)C)CCO2)n1. The molecule has 22 heavy (non-hydrogen) atoms. The molecule has 2 heterocycles. The van der Waals surface area contributed by atoms with Gasteiger partial charge in [0.25, 0.3) is 0 Å². The molecule has 1 saturated heterocycles. The minimum Gasteiger partial charge on any atom is -0.369 e. The van der Waals surface area contributed by atoms with E-state index in [1.807, 2.05) is 13.0 Å². The molecule has 1 aromatic heterocycles. The zero-order valence-corrected chi connectivity index (χ0v) is 14.7. The van der Waals surface area contributed by atoms with E-state index in [1.54, 1.807) is 6.26 Å². The second kappa shape index (κ2) is 7.99. The molecule has 0 radical (unpaired) electrons. The van der Waals surface area contributed by atoms with Crippen molar-refractivity contribution in [1.82, 2.24) is 14.9 Å². The molecule has 1 fully saturated rings. The van der Waals surface area contributed by atoms with Gasteiger partial charge in [0.1, 0.15) is 17.7 Å². The number of nitrogens with one attached hydrogen (secondary N) is 1. The monoisotopic (exact) mass is 326 g/mol. The summed E-state index contributed by atoms with van der Waals surface area (Å²) in [6.07, 6.45) is 1.69. The number of ether oxygens (including phenoxy) is 1. The number of rotatable bonds is 6. The van der Waals surface area contributed by atoms with Crippen LogP contribution in [0.25, 0.3) is 0 Å². The van der Waals surface area contributed by atoms with E-state index in [-0.39, 0.29) is 6.10 Å². The molecular formula is C15H26N4O2S. The molecule has 1 N–H and O–H groups in total. The van der Waals surface area contributed by atoms with Gasteiger partial charge in [-0.05, 0) is 20.8 Å². The molecule has 6 nitrogen and oxygen atoms in total. The van der Waals surface area contributed by atoms with Crippen molar-refractivity contribution in [2.45, 2.75) is 32.9 Å². The van der Waals surface area contributed by atoms with Crippen LogP contribution in [0.2, 0.25) is 0 Å². The van der Waals surface area contributed by atoms with Gasteiger partial charge in [0.15, 0.2) is 0 Å². The first-order valence-corrected chi connectivity index (χ1v) is 9.43. The minimum absolute atomic E-state index is 0.0151. The number of aryl methyl sites for hydroxylation is 1. The molecule has 0 aliphatic carbocycles. The lowest BCUT2D eigenvalue weighted by Gasteiger charge is -2.35. The van der Waals surface area contributed by atoms with Crippen molar-refractivity contribution in [3.05, 3.63) is 17.6 Å². The topological polar surface area (TPSA) is 67.4 Å². The second-order valence-electron chi connectivity index (χ2n) is 5.88. The third-order valence-electron chi connectivity index (χ3n) is 3.71. The van der Waals surface area contributed by atoms with Gasteiger partial charge in [-0.25, -0.2) is 9.97 Å². The lowest BCUT2D eigenvalue weighted by atomic mass is 10.1. The highest BCUT2D eigenvalue weighted by Crippen LogP contribution is 2.23. The summed E-state index contributed by atoms with van der Waals surface area (Å²) in [5, 5.41) is 3.22. The smallest absolute Gasteiger partial charge is 0.130 e. The largest absolute Gasteiger partial charge is 0.369 e. The summed E-state index contributed by atoms with van der Waals surface area (Å²) in [6, 6.07) is 2.45. The van der Waals surface area contributed by atoms with Crippen LogP contribution >= 0.6 is 0 Å². The summed E-state index contributed by atoms with van der Waals surface area (Å²) < 4.78 is 17.0. The maximum absolute atomic E-state index is 11.1. The van der Waals surface area contributed by atoms with E-state index in [0.717, 1.165) is 37.0 Å². The molecule has 0 saturated carbocycles. The molecule has 1 aromatic rings. The normalized spacial score (nSPS) is 21.0. The summed E-state index contributed by atoms with van der Waals surface area (Å²) in [4.78, 5) is 11.3. The molecule has 7 heteroatoms. The number of hydrogen-bond donors (Lipinski definition) is 1. The fourth-order valence-electron chi connectivity index (χ4n) is 2.49. The van der Waals surface area contributed by atoms with E-state index >= 15 is 0 Å². The van der Waals surface area contributed by atoms with Gasteiger partial charge >= 0.3 is 0 Å². The van der Waals surface area contributed by atoms with Gasteiger partial charge < -0.3 is 10.1 Å². The summed E-state index contributed by atoms with van der Waals surface area (Å²) in [6.45, 7) is 9.47. The van der Waals surface area contributed by atoms with Crippen molar-refractivity contribution >= 4 is 16.6 Å². The summed E-state index contributed by atoms with van der Waals surface area (Å²) >= 11 is 0. The molecule has 0 spiro atoms. The molecule has 0 aromatic carbocycles. The third kappa shape index (κ3) is 5.00. The Morgan fingerprint density at radius 2 is 2.27 bits per heavy atom. The first kappa shape index (κ1) is 17.3. The van der Waals surface area contributed by atoms with Gasteiger partial charge in [0.05, 0.1) is 12.3 Å². The lowest BCUT2D eigenvalue weighted by Crippen LogP contribution is -2.42. The molecule has 1 aliphatic rings. The Morgan fingerprint density at radius 1 is 1.50 bits per heavy atom. The molecule has 1 aliphatic heterocycles. The minimum atomic E-state index is -0.802. The summed E-state index contributed by atoms with van der Waals surface area (Å²) in [5.74, 6) is 2.11. The van der Waals surface area contributed by atoms with Gasteiger partial charge in [-0.2, -0.15) is 0 Å². The fourth-order valence-corrected chi connectivity index (χ4v) is 2.88. The van der Waals surface area contributed by atoms with Crippen LogP contribution in [0.1, 0.15) is 31.5 Å². The highest BCUT2D eigenvalue weighted by atomic mass is 32.2. The van der Waals surface area contributed by atoms with E-state index in [9.17, 15) is 4.21 Å². The zero-order chi connectivity index (χ0) is 16.1. The van der Waals surface area contributed by atoms with Crippen LogP contribution in [-0.4, -0.2) is 63.4 Å². The van der Waals surface area contributed by atoms with E-state index in [2.05, 4.69) is 34.0 Å². The zero-order valence-electron chi connectivity index (χ0n) is 13.8. The van der Waals surface area contributed by atoms with Crippen molar-refractivity contribution < 1.29 is 8.95 Å². The Labute approximate surface area is 135 Å². The third-order valence-corrected chi connectivity index (χ3v) is 4.49. The Bertz CT molecular complexity index is 524. The maximum Gasteiger partial charge on any atom is 0.130 e. The van der Waals surface area contributed by atoms with Gasteiger partial charge in [-0.15, -0.1) is 0 Å². The van der Waals surface area contributed by atoms with Crippen LogP contribution in [0.5, 0.6) is 0 Å². The van der Waals surface area contributed by atoms with Crippen LogP contribution in [0.4, 0.5) is 5.82 Å². The van der Waals surface area contributed by atoms with Crippen molar-refractivity contribution in [2.75, 3.05) is 43.6 Å². The fraction of sp³-hybridized carbons (Fsp3) is 0.733. The first-order valence-electron chi connectivity index (χ1n) is 7.71. The van der Waals surface area contributed by atoms with Crippen LogP contribution in [0, 0.1) is 6.92 Å². The van der Waals surface area contributed by atoms with Crippen LogP contribution in [0.3, 0.4) is 0 Å². The van der Waals surface area contributed by atoms with Crippen molar-refractivity contribution in [3.63, 3.8) is 0 Å². The predicted molar refractivity (Wildman–Crippen MR) is 89.6 cm³/mol. The van der Waals surface area contributed by atoms with Crippen molar-refractivity contribution in [2.24, 2.45) is 0 Å². The van der Waals surface area contributed by atoms with Crippen LogP contribution < -0.4 is 5.32 Å². The Hall–Kier alpha value is -1.05. The molecule has 0 bridgehead atoms. The lowest BCUT2D eigenvalue weighted by molar-refractivity contribution is -0.0422. The Balaban J connectivity index is 2.06. The number of nitrogens with zero attached hydrogens (tertiary/aromatic N) is 3. The van der Waals surface area contributed by atoms with Gasteiger partial charge in [0, 0.05) is 54.6 Å². The molecule has 2 unspecified atom stereocenters. The highest BCUT2D eigenvalue weighted by molar-refractivity contribution is 7.84. The van der Waals surface area contributed by atoms with Gasteiger partial charge in [0.2, 0.25) is 0 Å². The molecule has 2 atom stereocenters. The Kier molecular flexibility index (Phi) is 6.28. The highest BCUT2D eigenvalue weighted by Gasteiger charge is 2.25. The molecule has 0 amide bonds. The van der Waals surface area contributed by atoms with Gasteiger partial charge in [-0.1, -0.05) is 0 Å². The average Bonchev–Trinajstić information content (AvgIpc) is 2.46. The number of anilines is 1. The van der Waals surface area contributed by atoms with E-state index < -0.39 is 10.8 Å². The number of hydrogen-bond acceptors (Lipinski definition) is 6. The molecule has 2 rings (SSSR count). The van der Waals surface area contributed by atoms with E-state index in [0.29, 0.717) is 18.3 Å². The van der Waals surface area contributed by atoms with Crippen LogP contribution in [0.15, 0.2) is 6.07 Å². The average molecular weight is 326 g/mol. The summed E-state index contributed by atoms with van der Waals surface area (Å²) in [5.41, 5.74) is 0.915. The van der Waals surface area contributed by atoms with Gasteiger partial charge in [-0.3, -0.25) is 9.11 Å². The Morgan fingerprint density at radius 3 is 2.95 bits per heavy atom. The molecular weight excluding hydrogens is 300 g/mol. The van der Waals surface area contributed by atoms with Crippen molar-refractivity contribution in [3.8, 4) is 0 Å². The van der Waals surface area contributed by atoms with Crippen LogP contribution in [-0.2, 0) is 15.5 Å². The van der Waals surface area contributed by atoms with E-state index in [1.165, 1.54) is 0 Å².